The number of ketones is 1. The first-order valence-corrected chi connectivity index (χ1v) is 8.23. The summed E-state index contributed by atoms with van der Waals surface area (Å²) >= 11 is 4.97. The summed E-state index contributed by atoms with van der Waals surface area (Å²) in [5.41, 5.74) is 2.22. The van der Waals surface area contributed by atoms with E-state index in [9.17, 15) is 4.79 Å². The average Bonchev–Trinajstić information content (AvgIpc) is 2.87. The number of benzene rings is 1. The number of carbonyl (C=O) groups is 1. The van der Waals surface area contributed by atoms with Crippen molar-refractivity contribution in [2.75, 3.05) is 11.9 Å². The number of aromatic nitrogens is 1. The smallest absolute Gasteiger partial charge is 0.186 e. The van der Waals surface area contributed by atoms with Crippen LogP contribution in [0.15, 0.2) is 28.7 Å². The summed E-state index contributed by atoms with van der Waals surface area (Å²) in [6.07, 6.45) is 2.54. The highest BCUT2D eigenvalue weighted by Crippen LogP contribution is 2.31. The molecule has 3 nitrogen and oxygen atoms in total. The summed E-state index contributed by atoms with van der Waals surface area (Å²) in [5, 5.41) is 0.938. The molecule has 5 heteroatoms. The monoisotopic (exact) mass is 350 g/mol. The van der Waals surface area contributed by atoms with Crippen LogP contribution in [0.4, 0.5) is 5.13 Å². The molecule has 2 aromatic rings. The summed E-state index contributed by atoms with van der Waals surface area (Å²) in [6.45, 7) is 0.799. The Morgan fingerprint density at radius 1 is 1.30 bits per heavy atom. The lowest BCUT2D eigenvalue weighted by Gasteiger charge is -2.15. The van der Waals surface area contributed by atoms with Crippen molar-refractivity contribution >= 4 is 38.2 Å². The minimum atomic E-state index is 0.257. The van der Waals surface area contributed by atoms with Gasteiger partial charge in [0.2, 0.25) is 0 Å². The number of hydrogen-bond acceptors (Lipinski definition) is 4. The van der Waals surface area contributed by atoms with E-state index in [0.29, 0.717) is 6.42 Å². The Balaban J connectivity index is 1.79. The molecule has 20 heavy (non-hydrogen) atoms. The molecule has 0 saturated carbocycles. The highest BCUT2D eigenvalue weighted by atomic mass is 79.9. The third-order valence-electron chi connectivity index (χ3n) is 3.42. The number of nitrogens with zero attached hydrogens (tertiary/aromatic N) is 2. The second-order valence-electron chi connectivity index (χ2n) is 5.03. The van der Waals surface area contributed by atoms with E-state index in [0.717, 1.165) is 39.6 Å². The topological polar surface area (TPSA) is 33.2 Å². The van der Waals surface area contributed by atoms with E-state index in [2.05, 4.69) is 37.9 Å². The molecule has 0 amide bonds. The number of hydrogen-bond donors (Lipinski definition) is 0. The third kappa shape index (κ3) is 2.79. The number of halogens is 1. The van der Waals surface area contributed by atoms with Gasteiger partial charge in [-0.2, -0.15) is 0 Å². The quantitative estimate of drug-likeness (QED) is 0.836. The predicted octanol–water partition coefficient (Wildman–Crippen LogP) is 4.06. The fraction of sp³-hybridized carbons (Fsp3) is 0.333. The average molecular weight is 351 g/mol. The van der Waals surface area contributed by atoms with Gasteiger partial charge in [0.15, 0.2) is 10.9 Å². The Morgan fingerprint density at radius 3 is 2.75 bits per heavy atom. The van der Waals surface area contributed by atoms with E-state index in [1.807, 2.05) is 19.2 Å². The van der Waals surface area contributed by atoms with E-state index in [1.165, 1.54) is 16.9 Å². The van der Waals surface area contributed by atoms with E-state index in [1.54, 1.807) is 0 Å². The number of Topliss-reactive ketones (excluding diaryl/α,β-unsaturated/α-hetero) is 1. The Kier molecular flexibility index (Phi) is 3.89. The second kappa shape index (κ2) is 5.66. The minimum absolute atomic E-state index is 0.257. The molecule has 0 N–H and O–H groups in total. The molecule has 3 rings (SSSR count). The Bertz CT molecular complexity index is 636. The lowest BCUT2D eigenvalue weighted by molar-refractivity contribution is 0.0976. The number of thiazole rings is 1. The molecule has 1 heterocycles. The van der Waals surface area contributed by atoms with Gasteiger partial charge in [0, 0.05) is 24.5 Å². The maximum atomic E-state index is 11.9. The van der Waals surface area contributed by atoms with Crippen molar-refractivity contribution in [3.05, 3.63) is 44.9 Å². The van der Waals surface area contributed by atoms with Crippen molar-refractivity contribution < 1.29 is 4.79 Å². The van der Waals surface area contributed by atoms with Crippen molar-refractivity contribution in [2.45, 2.75) is 25.8 Å². The molecule has 0 bridgehead atoms. The number of aryl methyl sites for hydroxylation is 1. The molecular weight excluding hydrogens is 336 g/mol. The van der Waals surface area contributed by atoms with Gasteiger partial charge in [-0.25, -0.2) is 4.98 Å². The fourth-order valence-corrected chi connectivity index (χ4v) is 3.66. The van der Waals surface area contributed by atoms with E-state index in [4.69, 9.17) is 0 Å². The maximum absolute atomic E-state index is 11.9. The zero-order valence-corrected chi connectivity index (χ0v) is 13.6. The molecule has 0 saturated heterocycles. The van der Waals surface area contributed by atoms with Crippen LogP contribution in [0.5, 0.6) is 0 Å². The lowest BCUT2D eigenvalue weighted by atomic mass is 10.0. The van der Waals surface area contributed by atoms with Crippen molar-refractivity contribution in [1.29, 1.82) is 0 Å². The summed E-state index contributed by atoms with van der Waals surface area (Å²) in [6, 6.07) is 8.28. The Hall–Kier alpha value is -1.20. The standard InChI is InChI=1S/C15H15BrN2OS/c1-18(9-10-5-7-11(16)8-6-10)15-17-12-3-2-4-13(19)14(12)20-15/h5-8H,2-4,9H2,1H3. The van der Waals surface area contributed by atoms with Crippen LogP contribution in [0.2, 0.25) is 0 Å². The zero-order chi connectivity index (χ0) is 14.1. The molecule has 1 aliphatic rings. The van der Waals surface area contributed by atoms with Gasteiger partial charge < -0.3 is 4.90 Å². The van der Waals surface area contributed by atoms with Crippen molar-refractivity contribution in [1.82, 2.24) is 4.98 Å². The number of rotatable bonds is 3. The zero-order valence-electron chi connectivity index (χ0n) is 11.2. The van der Waals surface area contributed by atoms with Crippen LogP contribution in [0.3, 0.4) is 0 Å². The molecule has 104 valence electrons. The second-order valence-corrected chi connectivity index (χ2v) is 6.92. The van der Waals surface area contributed by atoms with Gasteiger partial charge in [-0.05, 0) is 30.5 Å². The highest BCUT2D eigenvalue weighted by molar-refractivity contribution is 9.10. The van der Waals surface area contributed by atoms with Gasteiger partial charge >= 0.3 is 0 Å². The first kappa shape index (κ1) is 13.8. The molecule has 0 unspecified atom stereocenters. The molecule has 0 radical (unpaired) electrons. The molecule has 1 aliphatic carbocycles. The van der Waals surface area contributed by atoms with Crippen LogP contribution < -0.4 is 4.90 Å². The predicted molar refractivity (Wildman–Crippen MR) is 85.6 cm³/mol. The van der Waals surface area contributed by atoms with Crippen molar-refractivity contribution in [2.24, 2.45) is 0 Å². The number of carbonyl (C=O) groups excluding carboxylic acids is 1. The molecule has 0 fully saturated rings. The summed E-state index contributed by atoms with van der Waals surface area (Å²) in [7, 11) is 2.02. The molecule has 0 aliphatic heterocycles. The van der Waals surface area contributed by atoms with E-state index < -0.39 is 0 Å². The molecular formula is C15H15BrN2OS. The summed E-state index contributed by atoms with van der Waals surface area (Å²) < 4.78 is 1.08. The van der Waals surface area contributed by atoms with Crippen LogP contribution in [0.25, 0.3) is 0 Å². The lowest BCUT2D eigenvalue weighted by Crippen LogP contribution is -2.16. The molecule has 0 atom stereocenters. The van der Waals surface area contributed by atoms with Gasteiger partial charge in [0.05, 0.1) is 10.6 Å². The number of fused-ring (bicyclic) bond motifs is 1. The van der Waals surface area contributed by atoms with Crippen LogP contribution in [-0.2, 0) is 13.0 Å². The minimum Gasteiger partial charge on any atom is -0.347 e. The van der Waals surface area contributed by atoms with Crippen molar-refractivity contribution in [3.63, 3.8) is 0 Å². The third-order valence-corrected chi connectivity index (χ3v) is 5.20. The van der Waals surface area contributed by atoms with Gasteiger partial charge in [0.1, 0.15) is 0 Å². The fourth-order valence-electron chi connectivity index (χ4n) is 2.35. The van der Waals surface area contributed by atoms with Crippen LogP contribution in [0.1, 0.15) is 33.8 Å². The van der Waals surface area contributed by atoms with Gasteiger partial charge in [-0.1, -0.05) is 39.4 Å². The summed E-state index contributed by atoms with van der Waals surface area (Å²) in [5.74, 6) is 0.257. The van der Waals surface area contributed by atoms with Crippen LogP contribution >= 0.6 is 27.3 Å². The largest absolute Gasteiger partial charge is 0.347 e. The number of anilines is 1. The van der Waals surface area contributed by atoms with E-state index >= 15 is 0 Å². The van der Waals surface area contributed by atoms with E-state index in [-0.39, 0.29) is 5.78 Å². The molecule has 1 aromatic heterocycles. The first-order chi connectivity index (χ1) is 9.63. The normalized spacial score (nSPS) is 14.2. The SMILES string of the molecule is CN(Cc1ccc(Br)cc1)c1nc2c(s1)C(=O)CCC2. The van der Waals surface area contributed by atoms with Gasteiger partial charge in [-0.3, -0.25) is 4.79 Å². The van der Waals surface area contributed by atoms with Crippen molar-refractivity contribution in [3.8, 4) is 0 Å². The van der Waals surface area contributed by atoms with Gasteiger partial charge in [0.25, 0.3) is 0 Å². The first-order valence-electron chi connectivity index (χ1n) is 6.62. The summed E-state index contributed by atoms with van der Waals surface area (Å²) in [4.78, 5) is 19.5. The molecule has 0 spiro atoms. The van der Waals surface area contributed by atoms with Crippen LogP contribution in [0, 0.1) is 0 Å². The highest BCUT2D eigenvalue weighted by Gasteiger charge is 2.23. The maximum Gasteiger partial charge on any atom is 0.186 e. The Labute approximate surface area is 130 Å². The molecule has 1 aromatic carbocycles. The Morgan fingerprint density at radius 2 is 2.05 bits per heavy atom. The van der Waals surface area contributed by atoms with Gasteiger partial charge in [-0.15, -0.1) is 0 Å². The van der Waals surface area contributed by atoms with Crippen LogP contribution in [-0.4, -0.2) is 17.8 Å².